The Bertz CT molecular complexity index is 351. The first kappa shape index (κ1) is 11.1. The SMILES string of the molecule is c1cn(C2CCOCC2)c(NC2CCCC2)n1. The van der Waals surface area contributed by atoms with Crippen LogP contribution in [0.3, 0.4) is 0 Å². The second-order valence-corrected chi connectivity index (χ2v) is 5.13. The Kier molecular flexibility index (Phi) is 3.31. The topological polar surface area (TPSA) is 39.1 Å². The standard InChI is InChI=1S/C13H21N3O/c1-2-4-11(3-1)15-13-14-7-8-16(13)12-5-9-17-10-6-12/h7-8,11-12H,1-6,9-10H2,(H,14,15). The predicted octanol–water partition coefficient (Wildman–Crippen LogP) is 2.59. The van der Waals surface area contributed by atoms with Gasteiger partial charge >= 0.3 is 0 Å². The molecule has 4 nitrogen and oxygen atoms in total. The van der Waals surface area contributed by atoms with Crippen molar-refractivity contribution in [1.29, 1.82) is 0 Å². The van der Waals surface area contributed by atoms with E-state index in [2.05, 4.69) is 21.1 Å². The van der Waals surface area contributed by atoms with Crippen LogP contribution >= 0.6 is 0 Å². The van der Waals surface area contributed by atoms with Gasteiger partial charge in [-0.1, -0.05) is 12.8 Å². The molecule has 2 fully saturated rings. The summed E-state index contributed by atoms with van der Waals surface area (Å²) in [6.45, 7) is 1.76. The van der Waals surface area contributed by atoms with Crippen LogP contribution in [-0.4, -0.2) is 28.8 Å². The van der Waals surface area contributed by atoms with Crippen LogP contribution < -0.4 is 5.32 Å². The first-order valence-corrected chi connectivity index (χ1v) is 6.80. The minimum Gasteiger partial charge on any atom is -0.381 e. The number of nitrogens with one attached hydrogen (secondary N) is 1. The Hall–Kier alpha value is -1.03. The fourth-order valence-corrected chi connectivity index (χ4v) is 2.94. The molecular formula is C13H21N3O. The second-order valence-electron chi connectivity index (χ2n) is 5.13. The molecule has 2 heterocycles. The van der Waals surface area contributed by atoms with Crippen LogP contribution in [0.1, 0.15) is 44.6 Å². The Morgan fingerprint density at radius 2 is 1.94 bits per heavy atom. The Morgan fingerprint density at radius 3 is 2.71 bits per heavy atom. The summed E-state index contributed by atoms with van der Waals surface area (Å²) in [6, 6.07) is 1.20. The van der Waals surface area contributed by atoms with Gasteiger partial charge in [0.2, 0.25) is 5.95 Å². The van der Waals surface area contributed by atoms with Crippen LogP contribution in [0.5, 0.6) is 0 Å². The summed E-state index contributed by atoms with van der Waals surface area (Å²) in [5.41, 5.74) is 0. The van der Waals surface area contributed by atoms with Gasteiger partial charge in [-0.2, -0.15) is 0 Å². The van der Waals surface area contributed by atoms with Gasteiger partial charge < -0.3 is 14.6 Å². The van der Waals surface area contributed by atoms with E-state index in [0.717, 1.165) is 32.0 Å². The number of aromatic nitrogens is 2. The minimum atomic E-state index is 0.565. The van der Waals surface area contributed by atoms with E-state index in [0.29, 0.717) is 12.1 Å². The zero-order valence-corrected chi connectivity index (χ0v) is 10.3. The van der Waals surface area contributed by atoms with Gasteiger partial charge in [0.1, 0.15) is 0 Å². The maximum atomic E-state index is 5.42. The zero-order valence-electron chi connectivity index (χ0n) is 10.3. The highest BCUT2D eigenvalue weighted by Gasteiger charge is 2.21. The molecule has 0 spiro atoms. The van der Waals surface area contributed by atoms with Crippen molar-refractivity contribution in [3.63, 3.8) is 0 Å². The van der Waals surface area contributed by atoms with Crippen molar-refractivity contribution < 1.29 is 4.74 Å². The average Bonchev–Trinajstić information content (AvgIpc) is 3.02. The van der Waals surface area contributed by atoms with Crippen LogP contribution in [0.15, 0.2) is 12.4 Å². The molecule has 1 saturated heterocycles. The van der Waals surface area contributed by atoms with Crippen molar-refractivity contribution >= 4 is 5.95 Å². The van der Waals surface area contributed by atoms with Crippen molar-refractivity contribution in [2.75, 3.05) is 18.5 Å². The van der Waals surface area contributed by atoms with Gasteiger partial charge in [0.25, 0.3) is 0 Å². The van der Waals surface area contributed by atoms with Gasteiger partial charge in [-0.15, -0.1) is 0 Å². The molecular weight excluding hydrogens is 214 g/mol. The fourth-order valence-electron chi connectivity index (χ4n) is 2.94. The molecule has 0 bridgehead atoms. The number of imidazole rings is 1. The molecule has 0 atom stereocenters. The summed E-state index contributed by atoms with van der Waals surface area (Å²) in [7, 11) is 0. The molecule has 94 valence electrons. The van der Waals surface area contributed by atoms with Crippen molar-refractivity contribution in [2.24, 2.45) is 0 Å². The lowest BCUT2D eigenvalue weighted by Gasteiger charge is -2.26. The molecule has 0 radical (unpaired) electrons. The van der Waals surface area contributed by atoms with Crippen LogP contribution in [0.2, 0.25) is 0 Å². The normalized spacial score (nSPS) is 23.1. The highest BCUT2D eigenvalue weighted by Crippen LogP contribution is 2.26. The van der Waals surface area contributed by atoms with Crippen molar-refractivity contribution in [1.82, 2.24) is 9.55 Å². The quantitative estimate of drug-likeness (QED) is 0.875. The predicted molar refractivity (Wildman–Crippen MR) is 67.2 cm³/mol. The molecule has 1 aliphatic carbocycles. The summed E-state index contributed by atoms with van der Waals surface area (Å²) >= 11 is 0. The molecule has 1 saturated carbocycles. The molecule has 1 N–H and O–H groups in total. The molecule has 1 aromatic rings. The van der Waals surface area contributed by atoms with Crippen LogP contribution in [0.25, 0.3) is 0 Å². The Balaban J connectivity index is 1.69. The van der Waals surface area contributed by atoms with E-state index < -0.39 is 0 Å². The smallest absolute Gasteiger partial charge is 0.203 e. The van der Waals surface area contributed by atoms with Crippen molar-refractivity contribution in [3.05, 3.63) is 12.4 Å². The third-order valence-corrected chi connectivity index (χ3v) is 3.94. The molecule has 0 amide bonds. The average molecular weight is 235 g/mol. The van der Waals surface area contributed by atoms with E-state index in [4.69, 9.17) is 4.74 Å². The number of hydrogen-bond acceptors (Lipinski definition) is 3. The number of ether oxygens (including phenoxy) is 1. The highest BCUT2D eigenvalue weighted by molar-refractivity contribution is 5.28. The molecule has 1 aliphatic heterocycles. The van der Waals surface area contributed by atoms with Crippen LogP contribution in [-0.2, 0) is 4.74 Å². The Labute approximate surface area is 102 Å². The largest absolute Gasteiger partial charge is 0.381 e. The van der Waals surface area contributed by atoms with E-state index in [1.165, 1.54) is 25.7 Å². The van der Waals surface area contributed by atoms with Gasteiger partial charge in [0.05, 0.1) is 0 Å². The molecule has 3 rings (SSSR count). The molecule has 0 aromatic carbocycles. The second kappa shape index (κ2) is 5.08. The fraction of sp³-hybridized carbons (Fsp3) is 0.769. The molecule has 2 aliphatic rings. The van der Waals surface area contributed by atoms with Gasteiger partial charge in [-0.05, 0) is 25.7 Å². The maximum absolute atomic E-state index is 5.42. The lowest BCUT2D eigenvalue weighted by Crippen LogP contribution is -2.23. The van der Waals surface area contributed by atoms with E-state index >= 15 is 0 Å². The van der Waals surface area contributed by atoms with Gasteiger partial charge in [0, 0.05) is 37.7 Å². The summed E-state index contributed by atoms with van der Waals surface area (Å²) in [5, 5.41) is 3.60. The molecule has 17 heavy (non-hydrogen) atoms. The third-order valence-electron chi connectivity index (χ3n) is 3.94. The number of rotatable bonds is 3. The van der Waals surface area contributed by atoms with Crippen molar-refractivity contribution in [3.8, 4) is 0 Å². The highest BCUT2D eigenvalue weighted by atomic mass is 16.5. The number of anilines is 1. The third kappa shape index (κ3) is 2.46. The molecule has 1 aromatic heterocycles. The summed E-state index contributed by atoms with van der Waals surface area (Å²) in [5.74, 6) is 1.06. The van der Waals surface area contributed by atoms with Gasteiger partial charge in [0.15, 0.2) is 0 Å². The molecule has 0 unspecified atom stereocenters. The Morgan fingerprint density at radius 1 is 1.18 bits per heavy atom. The monoisotopic (exact) mass is 235 g/mol. The summed E-state index contributed by atoms with van der Waals surface area (Å²) in [6.07, 6.45) is 11.5. The van der Waals surface area contributed by atoms with Gasteiger partial charge in [-0.3, -0.25) is 0 Å². The first-order valence-electron chi connectivity index (χ1n) is 6.80. The summed E-state index contributed by atoms with van der Waals surface area (Å²) in [4.78, 5) is 4.47. The maximum Gasteiger partial charge on any atom is 0.203 e. The van der Waals surface area contributed by atoms with Crippen LogP contribution in [0, 0.1) is 0 Å². The zero-order chi connectivity index (χ0) is 11.5. The molecule has 4 heteroatoms. The minimum absolute atomic E-state index is 0.565. The number of nitrogens with zero attached hydrogens (tertiary/aromatic N) is 2. The van der Waals surface area contributed by atoms with E-state index in [-0.39, 0.29) is 0 Å². The lowest BCUT2D eigenvalue weighted by molar-refractivity contribution is 0.0700. The van der Waals surface area contributed by atoms with E-state index in [1.807, 2.05) is 6.20 Å². The van der Waals surface area contributed by atoms with Gasteiger partial charge in [-0.25, -0.2) is 4.98 Å². The first-order chi connectivity index (χ1) is 8.43. The number of hydrogen-bond donors (Lipinski definition) is 1. The summed E-state index contributed by atoms with van der Waals surface area (Å²) < 4.78 is 7.72. The van der Waals surface area contributed by atoms with Crippen LogP contribution in [0.4, 0.5) is 5.95 Å². The lowest BCUT2D eigenvalue weighted by atomic mass is 10.1. The van der Waals surface area contributed by atoms with E-state index in [9.17, 15) is 0 Å². The van der Waals surface area contributed by atoms with Crippen molar-refractivity contribution in [2.45, 2.75) is 50.6 Å². The van der Waals surface area contributed by atoms with E-state index in [1.54, 1.807) is 0 Å².